The van der Waals surface area contributed by atoms with Crippen LogP contribution >= 0.6 is 0 Å². The van der Waals surface area contributed by atoms with E-state index in [1.165, 1.54) is 4.80 Å². The first-order valence-corrected chi connectivity index (χ1v) is 8.80. The number of hydrogen-bond donors (Lipinski definition) is 0. The molecule has 0 fully saturated rings. The van der Waals surface area contributed by atoms with Crippen molar-refractivity contribution in [1.82, 2.24) is 15.0 Å². The van der Waals surface area contributed by atoms with Crippen LogP contribution in [0.5, 0.6) is 0 Å². The predicted molar refractivity (Wildman–Crippen MR) is 105 cm³/mol. The molecule has 0 amide bonds. The average molecular weight is 371 g/mol. The van der Waals surface area contributed by atoms with E-state index in [1.54, 1.807) is 19.1 Å². The molecule has 28 heavy (non-hydrogen) atoms. The number of carbonyl (C=O) groups excluding carboxylic acids is 2. The Balaban J connectivity index is 1.46. The van der Waals surface area contributed by atoms with E-state index in [0.29, 0.717) is 11.3 Å². The van der Waals surface area contributed by atoms with Gasteiger partial charge >= 0.3 is 5.97 Å². The lowest BCUT2D eigenvalue weighted by Crippen LogP contribution is -2.15. The number of nitrogens with zero attached hydrogens (tertiary/aromatic N) is 3. The lowest BCUT2D eigenvalue weighted by molar-refractivity contribution is 0.0467. The monoisotopic (exact) mass is 371 g/mol. The van der Waals surface area contributed by atoms with Crippen LogP contribution in [0.3, 0.4) is 0 Å². The Hall–Kier alpha value is -3.80. The Bertz CT molecular complexity index is 1170. The minimum absolute atomic E-state index is 0.0927. The summed E-state index contributed by atoms with van der Waals surface area (Å²) < 4.78 is 5.18. The molecular weight excluding hydrogens is 354 g/mol. The summed E-state index contributed by atoms with van der Waals surface area (Å²) in [7, 11) is 0. The van der Waals surface area contributed by atoms with Gasteiger partial charge in [0, 0.05) is 5.56 Å². The summed E-state index contributed by atoms with van der Waals surface area (Å²) in [5, 5.41) is 10.4. The van der Waals surface area contributed by atoms with Gasteiger partial charge in [0.25, 0.3) is 0 Å². The van der Waals surface area contributed by atoms with Gasteiger partial charge < -0.3 is 4.74 Å². The zero-order chi connectivity index (χ0) is 19.5. The molecule has 1 heterocycles. The number of hydrogen-bond acceptors (Lipinski definition) is 5. The number of rotatable bonds is 5. The van der Waals surface area contributed by atoms with E-state index in [9.17, 15) is 9.59 Å². The summed E-state index contributed by atoms with van der Waals surface area (Å²) in [6.07, 6.45) is 0. The van der Waals surface area contributed by atoms with E-state index < -0.39 is 5.97 Å². The molecule has 0 atom stereocenters. The zero-order valence-electron chi connectivity index (χ0n) is 15.2. The number of para-hydroxylation sites is 1. The SMILES string of the molecule is Cc1nn(-c2ccccc2)nc1C(=O)OCC(=O)c1ccc2ccccc2c1. The molecule has 0 saturated heterocycles. The van der Waals surface area contributed by atoms with Gasteiger partial charge in [-0.15, -0.1) is 5.10 Å². The first-order chi connectivity index (χ1) is 13.6. The van der Waals surface area contributed by atoms with E-state index in [1.807, 2.05) is 60.7 Å². The van der Waals surface area contributed by atoms with Crippen LogP contribution in [0.15, 0.2) is 72.8 Å². The number of Topliss-reactive ketones (excluding diaryl/α,β-unsaturated/α-hetero) is 1. The maximum Gasteiger partial charge on any atom is 0.361 e. The second-order valence-corrected chi connectivity index (χ2v) is 6.32. The Labute approximate surface area is 161 Å². The van der Waals surface area contributed by atoms with Crippen LogP contribution in [0, 0.1) is 6.92 Å². The molecule has 4 rings (SSSR count). The van der Waals surface area contributed by atoms with Crippen molar-refractivity contribution >= 4 is 22.5 Å². The lowest BCUT2D eigenvalue weighted by Gasteiger charge is -2.04. The number of ketones is 1. The van der Waals surface area contributed by atoms with Crippen molar-refractivity contribution in [3.05, 3.63) is 89.7 Å². The van der Waals surface area contributed by atoms with Crippen LogP contribution in [0.2, 0.25) is 0 Å². The van der Waals surface area contributed by atoms with Crippen molar-refractivity contribution in [2.45, 2.75) is 6.92 Å². The van der Waals surface area contributed by atoms with Crippen LogP contribution in [0.1, 0.15) is 26.5 Å². The molecule has 0 radical (unpaired) electrons. The van der Waals surface area contributed by atoms with E-state index in [2.05, 4.69) is 10.2 Å². The molecule has 0 aliphatic carbocycles. The van der Waals surface area contributed by atoms with Crippen molar-refractivity contribution < 1.29 is 14.3 Å². The van der Waals surface area contributed by atoms with Gasteiger partial charge in [0.1, 0.15) is 0 Å². The normalized spacial score (nSPS) is 10.8. The van der Waals surface area contributed by atoms with Gasteiger partial charge in [-0.2, -0.15) is 9.90 Å². The molecule has 0 unspecified atom stereocenters. The van der Waals surface area contributed by atoms with Crippen molar-refractivity contribution in [2.75, 3.05) is 6.61 Å². The first-order valence-electron chi connectivity index (χ1n) is 8.80. The second kappa shape index (κ2) is 7.44. The van der Waals surface area contributed by atoms with Gasteiger partial charge in [-0.05, 0) is 35.9 Å². The Morgan fingerprint density at radius 3 is 2.39 bits per heavy atom. The number of ether oxygens (including phenoxy) is 1. The summed E-state index contributed by atoms with van der Waals surface area (Å²) in [4.78, 5) is 26.2. The maximum atomic E-state index is 12.4. The Morgan fingerprint density at radius 2 is 1.61 bits per heavy atom. The van der Waals surface area contributed by atoms with Crippen LogP contribution < -0.4 is 0 Å². The minimum Gasteiger partial charge on any atom is -0.452 e. The van der Waals surface area contributed by atoms with Gasteiger partial charge in [0.05, 0.1) is 11.4 Å². The Kier molecular flexibility index (Phi) is 4.68. The summed E-state index contributed by atoms with van der Waals surface area (Å²) in [5.74, 6) is -0.943. The third-order valence-corrected chi connectivity index (χ3v) is 4.37. The van der Waals surface area contributed by atoms with E-state index >= 15 is 0 Å². The molecule has 3 aromatic carbocycles. The molecular formula is C22H17N3O3. The molecule has 0 saturated carbocycles. The van der Waals surface area contributed by atoms with Crippen molar-refractivity contribution in [1.29, 1.82) is 0 Å². The number of carbonyl (C=O) groups is 2. The first kappa shape index (κ1) is 17.6. The fraction of sp³-hybridized carbons (Fsp3) is 0.0909. The van der Waals surface area contributed by atoms with Crippen LogP contribution in [0.4, 0.5) is 0 Å². The number of aryl methyl sites for hydroxylation is 1. The highest BCUT2D eigenvalue weighted by molar-refractivity contribution is 6.02. The van der Waals surface area contributed by atoms with Crippen molar-refractivity contribution in [2.24, 2.45) is 0 Å². The molecule has 1 aromatic heterocycles. The van der Waals surface area contributed by atoms with Crippen LogP contribution in [-0.2, 0) is 4.74 Å². The molecule has 0 N–H and O–H groups in total. The van der Waals surface area contributed by atoms with E-state index in [4.69, 9.17) is 4.74 Å². The van der Waals surface area contributed by atoms with E-state index in [0.717, 1.165) is 16.5 Å². The number of esters is 1. The Morgan fingerprint density at radius 1 is 0.893 bits per heavy atom. The fourth-order valence-corrected chi connectivity index (χ4v) is 2.89. The van der Waals surface area contributed by atoms with Crippen molar-refractivity contribution in [3.63, 3.8) is 0 Å². The zero-order valence-corrected chi connectivity index (χ0v) is 15.2. The molecule has 6 heteroatoms. The van der Waals surface area contributed by atoms with Gasteiger partial charge in [0.15, 0.2) is 18.1 Å². The smallest absolute Gasteiger partial charge is 0.361 e. The summed E-state index contributed by atoms with van der Waals surface area (Å²) >= 11 is 0. The summed E-state index contributed by atoms with van der Waals surface area (Å²) in [6, 6.07) is 22.4. The molecule has 0 bridgehead atoms. The molecule has 138 valence electrons. The standard InChI is InChI=1S/C22H17N3O3/c1-15-21(24-25(23-15)19-9-3-2-4-10-19)22(27)28-14-20(26)18-12-11-16-7-5-6-8-17(16)13-18/h2-13H,14H2,1H3. The molecule has 0 spiro atoms. The highest BCUT2D eigenvalue weighted by atomic mass is 16.5. The topological polar surface area (TPSA) is 74.1 Å². The molecule has 0 aliphatic rings. The van der Waals surface area contributed by atoms with Gasteiger partial charge in [0.2, 0.25) is 0 Å². The fourth-order valence-electron chi connectivity index (χ4n) is 2.89. The predicted octanol–water partition coefficient (Wildman–Crippen LogP) is 3.77. The highest BCUT2D eigenvalue weighted by Crippen LogP contribution is 2.16. The highest BCUT2D eigenvalue weighted by Gasteiger charge is 2.19. The third-order valence-electron chi connectivity index (χ3n) is 4.37. The summed E-state index contributed by atoms with van der Waals surface area (Å²) in [6.45, 7) is 1.32. The minimum atomic E-state index is -0.672. The number of fused-ring (bicyclic) bond motifs is 1. The largest absolute Gasteiger partial charge is 0.452 e. The number of benzene rings is 3. The maximum absolute atomic E-state index is 12.4. The lowest BCUT2D eigenvalue weighted by atomic mass is 10.0. The average Bonchev–Trinajstić information content (AvgIpc) is 3.14. The number of aromatic nitrogens is 3. The second-order valence-electron chi connectivity index (χ2n) is 6.32. The van der Waals surface area contributed by atoms with Gasteiger partial charge in [-0.1, -0.05) is 54.6 Å². The van der Waals surface area contributed by atoms with Gasteiger partial charge in [-0.3, -0.25) is 4.79 Å². The molecule has 4 aromatic rings. The molecule has 0 aliphatic heterocycles. The van der Waals surface area contributed by atoms with Crippen LogP contribution in [-0.4, -0.2) is 33.4 Å². The van der Waals surface area contributed by atoms with Gasteiger partial charge in [-0.25, -0.2) is 4.79 Å². The summed E-state index contributed by atoms with van der Waals surface area (Å²) in [5.41, 5.74) is 1.76. The quantitative estimate of drug-likeness (QED) is 0.394. The molecule has 6 nitrogen and oxygen atoms in total. The third kappa shape index (κ3) is 3.53. The van der Waals surface area contributed by atoms with Crippen LogP contribution in [0.25, 0.3) is 16.5 Å². The van der Waals surface area contributed by atoms with E-state index in [-0.39, 0.29) is 18.1 Å². The van der Waals surface area contributed by atoms with Crippen molar-refractivity contribution in [3.8, 4) is 5.69 Å².